The molecule has 1 amide bonds. The van der Waals surface area contributed by atoms with Gasteiger partial charge in [-0.05, 0) is 50.9 Å². The second kappa shape index (κ2) is 10.3. The molecule has 0 bridgehead atoms. The van der Waals surface area contributed by atoms with Crippen molar-refractivity contribution in [1.82, 2.24) is 34.6 Å². The predicted octanol–water partition coefficient (Wildman–Crippen LogP) is 4.46. The summed E-state index contributed by atoms with van der Waals surface area (Å²) in [7, 11) is 3.88. The van der Waals surface area contributed by atoms with Crippen LogP contribution in [0.4, 0.5) is 0 Å². The SMILES string of the molecule is Cc1cc(-c2[nH]nc(-c3ccc([C@H](C)N(C)C(=O)C(C)N(C)C4COC4)cc3)c2C(C)C)cn2ncnc12. The van der Waals surface area contributed by atoms with Gasteiger partial charge in [-0.3, -0.25) is 14.8 Å². The van der Waals surface area contributed by atoms with Crippen molar-refractivity contribution in [3.05, 3.63) is 59.5 Å². The van der Waals surface area contributed by atoms with Crippen molar-refractivity contribution in [3.8, 4) is 22.5 Å². The van der Waals surface area contributed by atoms with Gasteiger partial charge in [0.25, 0.3) is 0 Å². The van der Waals surface area contributed by atoms with E-state index in [9.17, 15) is 4.79 Å². The van der Waals surface area contributed by atoms with Crippen LogP contribution >= 0.6 is 0 Å². The van der Waals surface area contributed by atoms with Gasteiger partial charge in [-0.1, -0.05) is 38.1 Å². The van der Waals surface area contributed by atoms with Crippen LogP contribution in [0.25, 0.3) is 28.2 Å². The Kier molecular flexibility index (Phi) is 7.07. The third kappa shape index (κ3) is 4.61. The van der Waals surface area contributed by atoms with Crippen molar-refractivity contribution in [3.63, 3.8) is 0 Å². The van der Waals surface area contributed by atoms with Gasteiger partial charge in [0.1, 0.15) is 6.33 Å². The van der Waals surface area contributed by atoms with Crippen LogP contribution in [-0.2, 0) is 9.53 Å². The molecule has 0 saturated carbocycles. The highest BCUT2D eigenvalue weighted by molar-refractivity contribution is 5.82. The van der Waals surface area contributed by atoms with Crippen molar-refractivity contribution >= 4 is 11.6 Å². The molecular formula is C29H37N7O2. The van der Waals surface area contributed by atoms with Crippen LogP contribution < -0.4 is 0 Å². The molecule has 38 heavy (non-hydrogen) atoms. The minimum absolute atomic E-state index is 0.0539. The topological polar surface area (TPSA) is 91.7 Å². The molecule has 4 aromatic rings. The highest BCUT2D eigenvalue weighted by Gasteiger charge is 2.32. The van der Waals surface area contributed by atoms with Crippen molar-refractivity contribution in [2.45, 2.75) is 58.7 Å². The van der Waals surface area contributed by atoms with Crippen molar-refractivity contribution in [2.75, 3.05) is 27.3 Å². The predicted molar refractivity (Wildman–Crippen MR) is 148 cm³/mol. The fraction of sp³-hybridized carbons (Fsp3) is 0.448. The summed E-state index contributed by atoms with van der Waals surface area (Å²) in [5.74, 6) is 0.363. The first-order chi connectivity index (χ1) is 18.2. The lowest BCUT2D eigenvalue weighted by Crippen LogP contribution is -2.55. The zero-order valence-electron chi connectivity index (χ0n) is 23.3. The Morgan fingerprint density at radius 1 is 1.11 bits per heavy atom. The van der Waals surface area contributed by atoms with Crippen LogP contribution in [0.3, 0.4) is 0 Å². The first-order valence-corrected chi connectivity index (χ1v) is 13.2. The van der Waals surface area contributed by atoms with Gasteiger partial charge in [-0.2, -0.15) is 10.2 Å². The summed E-state index contributed by atoms with van der Waals surface area (Å²) in [6.45, 7) is 11.8. The molecule has 9 nitrogen and oxygen atoms in total. The molecular weight excluding hydrogens is 478 g/mol. The maximum Gasteiger partial charge on any atom is 0.239 e. The van der Waals surface area contributed by atoms with E-state index in [1.165, 1.54) is 0 Å². The summed E-state index contributed by atoms with van der Waals surface area (Å²) in [4.78, 5) is 21.5. The monoisotopic (exact) mass is 515 g/mol. The number of ether oxygens (including phenoxy) is 1. The number of carbonyl (C=O) groups is 1. The summed E-state index contributed by atoms with van der Waals surface area (Å²) < 4.78 is 7.11. The molecule has 0 spiro atoms. The normalized spacial score (nSPS) is 15.7. The largest absolute Gasteiger partial charge is 0.378 e. The van der Waals surface area contributed by atoms with E-state index in [4.69, 9.17) is 9.84 Å². The van der Waals surface area contributed by atoms with E-state index >= 15 is 0 Å². The van der Waals surface area contributed by atoms with E-state index < -0.39 is 0 Å². The molecule has 1 saturated heterocycles. The Hall–Kier alpha value is -3.56. The van der Waals surface area contributed by atoms with Gasteiger partial charge in [0.05, 0.1) is 42.7 Å². The maximum absolute atomic E-state index is 13.2. The zero-order chi connectivity index (χ0) is 27.1. The van der Waals surface area contributed by atoms with Crippen molar-refractivity contribution in [2.24, 2.45) is 0 Å². The summed E-state index contributed by atoms with van der Waals surface area (Å²) in [6.07, 6.45) is 3.57. The highest BCUT2D eigenvalue weighted by atomic mass is 16.5. The quantitative estimate of drug-likeness (QED) is 0.373. The number of nitrogens with zero attached hydrogens (tertiary/aromatic N) is 6. The van der Waals surface area contributed by atoms with E-state index in [-0.39, 0.29) is 23.9 Å². The molecule has 1 N–H and O–H groups in total. The van der Waals surface area contributed by atoms with Gasteiger partial charge >= 0.3 is 0 Å². The third-order valence-corrected chi connectivity index (χ3v) is 7.99. The maximum atomic E-state index is 13.2. The van der Waals surface area contributed by atoms with Crippen LogP contribution in [0, 0.1) is 6.92 Å². The smallest absolute Gasteiger partial charge is 0.239 e. The summed E-state index contributed by atoms with van der Waals surface area (Å²) in [5.41, 5.74) is 8.16. The average molecular weight is 516 g/mol. The molecule has 1 aliphatic rings. The van der Waals surface area contributed by atoms with Crippen LogP contribution in [0.15, 0.2) is 42.9 Å². The lowest BCUT2D eigenvalue weighted by atomic mass is 9.93. The molecule has 1 unspecified atom stereocenters. The molecule has 1 aromatic carbocycles. The van der Waals surface area contributed by atoms with Crippen LogP contribution in [0.2, 0.25) is 0 Å². The second-order valence-electron chi connectivity index (χ2n) is 10.7. The van der Waals surface area contributed by atoms with Gasteiger partial charge in [-0.25, -0.2) is 9.50 Å². The molecule has 4 heterocycles. The van der Waals surface area contributed by atoms with Crippen LogP contribution in [0.1, 0.15) is 56.3 Å². The highest BCUT2D eigenvalue weighted by Crippen LogP contribution is 2.36. The Balaban J connectivity index is 1.39. The van der Waals surface area contributed by atoms with E-state index in [1.54, 1.807) is 6.33 Å². The van der Waals surface area contributed by atoms with Gasteiger partial charge in [-0.15, -0.1) is 0 Å². The third-order valence-electron chi connectivity index (χ3n) is 7.99. The number of aromatic amines is 1. The number of amides is 1. The second-order valence-corrected chi connectivity index (χ2v) is 10.7. The Morgan fingerprint density at radius 2 is 1.82 bits per heavy atom. The number of fused-ring (bicyclic) bond motifs is 1. The number of hydrogen-bond donors (Lipinski definition) is 1. The standard InChI is InChI=1S/C29H37N7O2/c1-17(2)25-26(32-33-27(25)23-12-18(3)28-30-16-31-36(28)13-23)22-10-8-21(9-11-22)19(4)35(7)29(37)20(5)34(6)24-14-38-15-24/h8-13,16-17,19-20,24H,14-15H2,1-7H3,(H,32,33)/t19-,20?/m0/s1. The Labute approximate surface area is 223 Å². The van der Waals surface area contributed by atoms with Gasteiger partial charge < -0.3 is 9.64 Å². The first-order valence-electron chi connectivity index (χ1n) is 13.2. The molecule has 0 aliphatic carbocycles. The number of benzene rings is 1. The minimum Gasteiger partial charge on any atom is -0.378 e. The zero-order valence-corrected chi connectivity index (χ0v) is 23.3. The Bertz CT molecular complexity index is 1440. The molecule has 5 rings (SSSR count). The van der Waals surface area contributed by atoms with Crippen molar-refractivity contribution in [1.29, 1.82) is 0 Å². The number of hydrogen-bond acceptors (Lipinski definition) is 6. The number of aromatic nitrogens is 5. The fourth-order valence-corrected chi connectivity index (χ4v) is 5.16. The van der Waals surface area contributed by atoms with Crippen LogP contribution in [-0.4, -0.2) is 79.9 Å². The van der Waals surface area contributed by atoms with Crippen molar-refractivity contribution < 1.29 is 9.53 Å². The van der Waals surface area contributed by atoms with Gasteiger partial charge in [0, 0.05) is 29.9 Å². The lowest BCUT2D eigenvalue weighted by molar-refractivity contribution is -0.141. The summed E-state index contributed by atoms with van der Waals surface area (Å²) >= 11 is 0. The fourth-order valence-electron chi connectivity index (χ4n) is 5.16. The summed E-state index contributed by atoms with van der Waals surface area (Å²) in [6, 6.07) is 10.6. The molecule has 200 valence electrons. The number of aryl methyl sites for hydroxylation is 1. The molecule has 3 aromatic heterocycles. The molecule has 1 aliphatic heterocycles. The first kappa shape index (κ1) is 26.1. The van der Waals surface area contributed by atoms with E-state index in [0.717, 1.165) is 44.9 Å². The minimum atomic E-state index is -0.202. The van der Waals surface area contributed by atoms with Gasteiger partial charge in [0.2, 0.25) is 5.91 Å². The van der Waals surface area contributed by atoms with E-state index in [0.29, 0.717) is 19.3 Å². The number of carbonyl (C=O) groups excluding carboxylic acids is 1. The van der Waals surface area contributed by atoms with E-state index in [1.807, 2.05) is 43.6 Å². The number of pyridine rings is 1. The number of likely N-dealkylation sites (N-methyl/N-ethyl adjacent to an activating group) is 2. The number of H-pyrrole nitrogens is 1. The molecule has 2 atom stereocenters. The Morgan fingerprint density at radius 3 is 2.45 bits per heavy atom. The number of nitrogens with one attached hydrogen (secondary N) is 1. The molecule has 9 heteroatoms. The molecule has 0 radical (unpaired) electrons. The lowest BCUT2D eigenvalue weighted by Gasteiger charge is -2.39. The average Bonchev–Trinajstić information content (AvgIpc) is 3.54. The summed E-state index contributed by atoms with van der Waals surface area (Å²) in [5, 5.41) is 12.4. The molecule has 1 fully saturated rings. The van der Waals surface area contributed by atoms with Crippen LogP contribution in [0.5, 0.6) is 0 Å². The number of rotatable bonds is 8. The van der Waals surface area contributed by atoms with Gasteiger partial charge in [0.15, 0.2) is 5.65 Å². The van der Waals surface area contributed by atoms with E-state index in [2.05, 4.69) is 71.2 Å².